The summed E-state index contributed by atoms with van der Waals surface area (Å²) in [5.74, 6) is -2.67. The van der Waals surface area contributed by atoms with Crippen molar-refractivity contribution in [3.8, 4) is 0 Å². The lowest BCUT2D eigenvalue weighted by molar-refractivity contribution is -0.160. The zero-order chi connectivity index (χ0) is 76.4. The first kappa shape index (κ1) is 82.9. The fourth-order valence-electron chi connectivity index (χ4n) is 12.3. The zero-order valence-corrected chi connectivity index (χ0v) is 58.4. The highest BCUT2D eigenvalue weighted by Crippen LogP contribution is 2.48. The number of carbonyl (C=O) groups is 7. The molecule has 0 saturated carbocycles. The zero-order valence-electron chi connectivity index (χ0n) is 57.7. The van der Waals surface area contributed by atoms with Gasteiger partial charge in [0.25, 0.3) is 0 Å². The van der Waals surface area contributed by atoms with Gasteiger partial charge >= 0.3 is 54.9 Å². The molecule has 4 saturated heterocycles. The topological polar surface area (TPSA) is 238 Å². The van der Waals surface area contributed by atoms with Gasteiger partial charge in [0, 0.05) is 25.9 Å². The predicted molar refractivity (Wildman–Crippen MR) is 344 cm³/mol. The van der Waals surface area contributed by atoms with Gasteiger partial charge in [-0.15, -0.1) is 0 Å². The average molecular weight is 1480 g/mol. The van der Waals surface area contributed by atoms with E-state index in [0.717, 1.165) is 0 Å². The summed E-state index contributed by atoms with van der Waals surface area (Å²) in [7, 11) is 0. The normalized spacial score (nSPS) is 22.1. The van der Waals surface area contributed by atoms with Gasteiger partial charge in [-0.2, -0.15) is 52.7 Å². The van der Waals surface area contributed by atoms with Crippen LogP contribution in [-0.2, 0) is 83.4 Å². The molecule has 102 heavy (non-hydrogen) atoms. The van der Waals surface area contributed by atoms with Crippen LogP contribution in [0.3, 0.4) is 0 Å². The number of nitrogens with one attached hydrogen (secondary N) is 3. The van der Waals surface area contributed by atoms with Crippen LogP contribution in [0, 0.1) is 17.8 Å². The second-order valence-corrected chi connectivity index (χ2v) is 27.7. The standard InChI is InChI=1S/C33H38F6N2O6.C27H27ClF6N2O4.C10H19NO4/c1-20(2)21(3)28(43)46-19-47-29(44)41-17-30(11-10-27(42)40-30)12-13-31(41,24-8-6-5-7-9-24)18-45-22(4)23-14-25(32(34,35)36)16-26(15-23)33(37,38)39;1-17(18-11-20(26(29,30)31)13-21(12-18)27(32,33)34)39-15-25(19-5-3-2-4-6-19)10-9-24(8-7-22(37)35-24)14-36(25)23(38)40-16-28;1-6(2)7(8(12)13)11-9(14)15-10(3,4)5/h5-9,14-16,20-22H,10-13,17-19H2,1-4H3,(H,40,42);2-6,11-13,17H,7-10,14-16H2,1H3,(H,35,37);6-7H,1-5H3,(H,11,14)(H,12,13)/t21-,22+,30+,31+;17-,24-,25-;7-/m011/s1. The van der Waals surface area contributed by atoms with E-state index >= 15 is 0 Å². The SMILES string of the molecule is CC(C)[C@@H](NC(=O)OC(C)(C)C)C(=O)O.CC(C)[C@H](C)C(=O)OCOC(=O)N1C[C@@]2(CCC(=O)N2)CC[C@@]1(CO[C@H](C)c1cc(C(F)(F)F)cc(C(F)(F)F)c1)c1ccccc1.C[C@@H](OC[C@@]1(c2ccccc2)CC[C@]2(CCC(=O)N2)CN1C(=O)OCCl)c1cc(C(F)(F)F)cc(C(F)(F)F)c1. The molecule has 0 bridgehead atoms. The van der Waals surface area contributed by atoms with Crippen LogP contribution in [0.25, 0.3) is 0 Å². The van der Waals surface area contributed by atoms with Crippen LogP contribution in [0.15, 0.2) is 97.1 Å². The van der Waals surface area contributed by atoms with E-state index in [2.05, 4.69) is 16.0 Å². The summed E-state index contributed by atoms with van der Waals surface area (Å²) in [5, 5.41) is 17.0. The van der Waals surface area contributed by atoms with Gasteiger partial charge in [-0.05, 0) is 144 Å². The second-order valence-electron chi connectivity index (χ2n) is 27.5. The molecule has 19 nitrogen and oxygen atoms in total. The number of rotatable bonds is 18. The summed E-state index contributed by atoms with van der Waals surface area (Å²) in [6, 6.07) is 18.5. The van der Waals surface area contributed by atoms with Crippen LogP contribution >= 0.6 is 11.6 Å². The number of likely N-dealkylation sites (tertiary alicyclic amines) is 2. The van der Waals surface area contributed by atoms with Crippen LogP contribution in [0.2, 0.25) is 0 Å². The van der Waals surface area contributed by atoms with Crippen molar-refractivity contribution in [2.24, 2.45) is 17.8 Å². The van der Waals surface area contributed by atoms with Crippen molar-refractivity contribution in [2.45, 2.75) is 191 Å². The number of alkyl carbamates (subject to hydrolysis) is 1. The monoisotopic (exact) mass is 1480 g/mol. The lowest BCUT2D eigenvalue weighted by Gasteiger charge is -2.52. The Bertz CT molecular complexity index is 3520. The lowest BCUT2D eigenvalue weighted by Crippen LogP contribution is -2.65. The molecule has 5 amide bonds. The number of piperidine rings is 2. The number of esters is 1. The van der Waals surface area contributed by atoms with Crippen LogP contribution in [0.1, 0.15) is 177 Å². The first-order valence-electron chi connectivity index (χ1n) is 32.6. The summed E-state index contributed by atoms with van der Waals surface area (Å²) in [4.78, 5) is 88.5. The van der Waals surface area contributed by atoms with Crippen molar-refractivity contribution >= 4 is 53.6 Å². The van der Waals surface area contributed by atoms with Gasteiger partial charge in [0.2, 0.25) is 18.6 Å². The number of carboxylic acid groups (broad SMARTS) is 1. The maximum atomic E-state index is 13.8. The summed E-state index contributed by atoms with van der Waals surface area (Å²) < 4.78 is 195. The molecule has 8 rings (SSSR count). The number of hydrogen-bond donors (Lipinski definition) is 4. The van der Waals surface area contributed by atoms with Gasteiger partial charge in [-0.25, -0.2) is 19.2 Å². The number of benzene rings is 4. The van der Waals surface area contributed by atoms with Crippen molar-refractivity contribution in [1.29, 1.82) is 0 Å². The molecule has 8 atom stereocenters. The molecule has 0 unspecified atom stereocenters. The molecule has 4 N–H and O–H groups in total. The van der Waals surface area contributed by atoms with Crippen molar-refractivity contribution in [1.82, 2.24) is 25.8 Å². The molecule has 4 fully saturated rings. The van der Waals surface area contributed by atoms with E-state index in [1.165, 1.54) is 23.6 Å². The van der Waals surface area contributed by atoms with Crippen LogP contribution < -0.4 is 16.0 Å². The van der Waals surface area contributed by atoms with E-state index in [1.54, 1.807) is 102 Å². The van der Waals surface area contributed by atoms with Gasteiger partial charge in [-0.3, -0.25) is 24.2 Å². The third-order valence-corrected chi connectivity index (χ3v) is 18.5. The molecule has 32 heteroatoms. The van der Waals surface area contributed by atoms with Gasteiger partial charge < -0.3 is 49.5 Å². The molecule has 564 valence electrons. The number of carboxylic acids is 1. The van der Waals surface area contributed by atoms with Gasteiger partial charge in [-0.1, -0.05) is 107 Å². The minimum absolute atomic E-state index is 0.0277. The Balaban J connectivity index is 0.000000270. The quantitative estimate of drug-likeness (QED) is 0.0238. The Kier molecular flexibility index (Phi) is 26.9. The number of carbonyl (C=O) groups excluding carboxylic acids is 6. The molecule has 4 aromatic carbocycles. The minimum Gasteiger partial charge on any atom is -0.480 e. The van der Waals surface area contributed by atoms with Gasteiger partial charge in [0.1, 0.15) is 11.6 Å². The summed E-state index contributed by atoms with van der Waals surface area (Å²) in [5.41, 5.74) is -10.0. The lowest BCUT2D eigenvalue weighted by atomic mass is 9.74. The first-order valence-corrected chi connectivity index (χ1v) is 33.1. The highest BCUT2D eigenvalue weighted by Gasteiger charge is 2.56. The molecule has 0 radical (unpaired) electrons. The Hall–Kier alpha value is -8.06. The van der Waals surface area contributed by atoms with Gasteiger partial charge in [0.15, 0.2) is 6.07 Å². The number of ether oxygens (including phenoxy) is 6. The maximum absolute atomic E-state index is 13.8. The number of nitrogens with zero attached hydrogens (tertiary/aromatic N) is 2. The minimum atomic E-state index is -5.04. The number of aliphatic carboxylic acids is 1. The molecule has 4 aliphatic heterocycles. The second kappa shape index (κ2) is 33.2. The Labute approximate surface area is 586 Å². The third kappa shape index (κ3) is 21.5. The first-order chi connectivity index (χ1) is 47.2. The molecular weight excluding hydrogens is 1400 g/mol. The van der Waals surface area contributed by atoms with E-state index in [4.69, 9.17) is 45.1 Å². The number of amides is 5. The van der Waals surface area contributed by atoms with Crippen molar-refractivity contribution in [3.05, 3.63) is 142 Å². The molecule has 4 aromatic rings. The molecule has 4 heterocycles. The predicted octanol–water partition coefficient (Wildman–Crippen LogP) is 15.8. The van der Waals surface area contributed by atoms with Gasteiger partial charge in [0.05, 0.1) is 75.7 Å². The van der Waals surface area contributed by atoms with E-state index < -0.39 is 142 Å². The fraction of sp³-hybridized carbons (Fsp3) is 0.557. The highest BCUT2D eigenvalue weighted by atomic mass is 35.5. The number of halogens is 13. The molecule has 4 aliphatic rings. The van der Waals surface area contributed by atoms with Crippen LogP contribution in [0.4, 0.5) is 67.1 Å². The molecule has 2 spiro atoms. The Morgan fingerprint density at radius 2 is 0.912 bits per heavy atom. The van der Waals surface area contributed by atoms with E-state index in [-0.39, 0.29) is 98.9 Å². The van der Waals surface area contributed by atoms with Crippen LogP contribution in [-0.4, -0.2) is 119 Å². The smallest absolute Gasteiger partial charge is 0.416 e. The average Bonchev–Trinajstić information content (AvgIpc) is 1.26. The molecular formula is C70H84ClF12N5O14. The third-order valence-electron chi connectivity index (χ3n) is 18.4. The summed E-state index contributed by atoms with van der Waals surface area (Å²) >= 11 is 5.69. The van der Waals surface area contributed by atoms with E-state index in [9.17, 15) is 86.2 Å². The summed E-state index contributed by atoms with van der Waals surface area (Å²) in [6.07, 6.45) is -22.3. The maximum Gasteiger partial charge on any atom is 0.416 e. The number of alkyl halides is 13. The summed E-state index contributed by atoms with van der Waals surface area (Å²) in [6.45, 7) is 15.3. The van der Waals surface area contributed by atoms with E-state index in [0.29, 0.717) is 61.1 Å². The molecule has 0 aliphatic carbocycles. The largest absolute Gasteiger partial charge is 0.480 e. The van der Waals surface area contributed by atoms with Crippen molar-refractivity contribution in [3.63, 3.8) is 0 Å². The van der Waals surface area contributed by atoms with Crippen molar-refractivity contribution in [2.75, 3.05) is 39.2 Å². The molecule has 0 aromatic heterocycles. The van der Waals surface area contributed by atoms with Crippen LogP contribution in [0.5, 0.6) is 0 Å². The fourth-order valence-corrected chi connectivity index (χ4v) is 12.4. The number of hydrogen-bond acceptors (Lipinski definition) is 13. The Morgan fingerprint density at radius 1 is 0.539 bits per heavy atom. The Morgan fingerprint density at radius 3 is 1.22 bits per heavy atom. The van der Waals surface area contributed by atoms with Crippen molar-refractivity contribution < 1.29 is 120 Å². The van der Waals surface area contributed by atoms with E-state index in [1.807, 2.05) is 13.8 Å². The highest BCUT2D eigenvalue weighted by molar-refractivity contribution is 6.17.